The summed E-state index contributed by atoms with van der Waals surface area (Å²) in [4.78, 5) is 0. The average molecular weight is 119 g/mol. The van der Waals surface area contributed by atoms with Gasteiger partial charge in [0.05, 0.1) is 5.88 Å². The van der Waals surface area contributed by atoms with Gasteiger partial charge in [0, 0.05) is 0 Å². The van der Waals surface area contributed by atoms with Gasteiger partial charge in [-0.25, -0.2) is 4.21 Å². The first-order valence-corrected chi connectivity index (χ1v) is 2.32. The van der Waals surface area contributed by atoms with Gasteiger partial charge in [-0.1, -0.05) is 0 Å². The van der Waals surface area contributed by atoms with Crippen molar-refractivity contribution >= 4 is 11.1 Å². The Labute approximate surface area is 62.4 Å². The molecule has 0 radical (unpaired) electrons. The summed E-state index contributed by atoms with van der Waals surface area (Å²) < 4.78 is 17.1. The summed E-state index contributed by atoms with van der Waals surface area (Å²) in [6, 6.07) is 0. The zero-order valence-electron chi connectivity index (χ0n) is 4.55. The van der Waals surface area contributed by atoms with Gasteiger partial charge in [-0.05, 0) is 0 Å². The predicted octanol–water partition coefficient (Wildman–Crippen LogP) is -3.76. The number of hydrogen-bond donors (Lipinski definition) is 2. The van der Waals surface area contributed by atoms with Crippen LogP contribution < -0.4 is 35.3 Å². The van der Waals surface area contributed by atoms with Gasteiger partial charge in [0.1, 0.15) is 0 Å². The number of rotatable bonds is 1. The minimum Gasteiger partial charge on any atom is -1.00 e. The molecule has 0 bridgehead atoms. The second-order valence-corrected chi connectivity index (χ2v) is 1.46. The van der Waals surface area contributed by atoms with Crippen LogP contribution in [0.3, 0.4) is 0 Å². The molecule has 6 heavy (non-hydrogen) atoms. The molecule has 0 aromatic carbocycles. The molecule has 3 nitrogen and oxygen atoms in total. The van der Waals surface area contributed by atoms with Crippen LogP contribution in [-0.2, 0) is 11.1 Å². The molecule has 0 spiro atoms. The maximum absolute atomic E-state index is 9.35. The Kier molecular flexibility index (Phi) is 10.3. The molecule has 5 heteroatoms. The second-order valence-electron chi connectivity index (χ2n) is 0.488. The van der Waals surface area contributed by atoms with Crippen molar-refractivity contribution in [3.05, 3.63) is 0 Å². The van der Waals surface area contributed by atoms with Crippen molar-refractivity contribution in [1.82, 2.24) is 0 Å². The summed E-state index contributed by atoms with van der Waals surface area (Å²) in [6.07, 6.45) is 0. The van der Waals surface area contributed by atoms with E-state index < -0.39 is 11.1 Å². The van der Waals surface area contributed by atoms with E-state index >= 15 is 0 Å². The molecule has 0 rings (SSSR count). The Bertz CT molecular complexity index is 53.0. The van der Waals surface area contributed by atoms with Gasteiger partial charge in [0.15, 0.2) is 11.1 Å². The smallest absolute Gasteiger partial charge is 1.00 e. The van der Waals surface area contributed by atoms with Crippen molar-refractivity contribution in [2.45, 2.75) is 0 Å². The predicted molar refractivity (Wildman–Crippen MR) is 20.9 cm³/mol. The summed E-state index contributed by atoms with van der Waals surface area (Å²) in [5.74, 6) is -0.167. The molecule has 0 aromatic rings. The quantitative estimate of drug-likeness (QED) is 0.275. The van der Waals surface area contributed by atoms with E-state index in [1.807, 2.05) is 0 Å². The van der Waals surface area contributed by atoms with Crippen molar-refractivity contribution in [1.29, 1.82) is 0 Å². The van der Waals surface area contributed by atoms with Crippen molar-refractivity contribution in [2.75, 3.05) is 5.88 Å². The van der Waals surface area contributed by atoms with Gasteiger partial charge < -0.3 is 11.7 Å². The molecule has 0 amide bonds. The molecular formula is CH6NNaO2S. The van der Waals surface area contributed by atoms with Gasteiger partial charge in [0.25, 0.3) is 0 Å². The molecule has 1 unspecified atom stereocenters. The maximum atomic E-state index is 9.35. The van der Waals surface area contributed by atoms with Crippen molar-refractivity contribution in [3.8, 4) is 0 Å². The van der Waals surface area contributed by atoms with Crippen LogP contribution >= 0.6 is 0 Å². The molecule has 0 aromatic heterocycles. The van der Waals surface area contributed by atoms with Gasteiger partial charge in [-0.2, -0.15) is 0 Å². The van der Waals surface area contributed by atoms with Gasteiger partial charge >= 0.3 is 29.6 Å². The Morgan fingerprint density at radius 2 is 2.17 bits per heavy atom. The first kappa shape index (κ1) is 10.1. The van der Waals surface area contributed by atoms with E-state index in [4.69, 9.17) is 4.55 Å². The van der Waals surface area contributed by atoms with Crippen LogP contribution in [0.15, 0.2) is 0 Å². The third-order valence-electron chi connectivity index (χ3n) is 0.143. The number of nitrogens with two attached hydrogens (primary N) is 1. The molecule has 0 saturated carbocycles. The molecule has 1 atom stereocenters. The third-order valence-corrected chi connectivity index (χ3v) is 0.428. The van der Waals surface area contributed by atoms with Crippen LogP contribution in [-0.4, -0.2) is 14.6 Å². The van der Waals surface area contributed by atoms with E-state index in [0.717, 1.165) is 0 Å². The Morgan fingerprint density at radius 1 is 2.00 bits per heavy atom. The first-order valence-electron chi connectivity index (χ1n) is 1.05. The topological polar surface area (TPSA) is 63.3 Å². The first-order chi connectivity index (χ1) is 2.27. The molecule has 34 valence electrons. The van der Waals surface area contributed by atoms with Crippen LogP contribution in [0.5, 0.6) is 0 Å². The Hall–Kier alpha value is 1.07. The number of hydrogen-bond acceptors (Lipinski definition) is 2. The van der Waals surface area contributed by atoms with E-state index in [-0.39, 0.29) is 36.9 Å². The molecule has 0 heterocycles. The fourth-order valence-electron chi connectivity index (χ4n) is 0. The largest absolute Gasteiger partial charge is 1.00 e. The Morgan fingerprint density at radius 3 is 2.17 bits per heavy atom. The van der Waals surface area contributed by atoms with Gasteiger partial charge in [0.2, 0.25) is 0 Å². The van der Waals surface area contributed by atoms with E-state index in [2.05, 4.69) is 5.73 Å². The third kappa shape index (κ3) is 8.91. The molecular weight excluding hydrogens is 113 g/mol. The average Bonchev–Trinajstić information content (AvgIpc) is 1.38. The molecule has 0 aliphatic heterocycles. The summed E-state index contributed by atoms with van der Waals surface area (Å²) in [7, 11) is 0. The van der Waals surface area contributed by atoms with Crippen LogP contribution in [0.4, 0.5) is 0 Å². The molecule has 0 aliphatic rings. The monoisotopic (exact) mass is 119 g/mol. The SMILES string of the molecule is NCS(=O)O.[H-].[Na+]. The van der Waals surface area contributed by atoms with Crippen molar-refractivity contribution in [2.24, 2.45) is 5.73 Å². The fourth-order valence-corrected chi connectivity index (χ4v) is 0. The van der Waals surface area contributed by atoms with Crippen LogP contribution in [0.25, 0.3) is 0 Å². The van der Waals surface area contributed by atoms with Crippen molar-refractivity contribution in [3.63, 3.8) is 0 Å². The van der Waals surface area contributed by atoms with Gasteiger partial charge in [-0.3, -0.25) is 0 Å². The minimum absolute atomic E-state index is 0. The van der Waals surface area contributed by atoms with E-state index in [1.165, 1.54) is 0 Å². The standard InChI is InChI=1S/CH5NO2S.Na.H/c2-1-5(3)4;;/h1-2H2,(H,3,4);;/q;+1;-1. The zero-order chi connectivity index (χ0) is 4.28. The minimum atomic E-state index is -1.79. The summed E-state index contributed by atoms with van der Waals surface area (Å²) >= 11 is -1.79. The summed E-state index contributed by atoms with van der Waals surface area (Å²) in [5.41, 5.74) is 4.62. The molecule has 0 aliphatic carbocycles. The van der Waals surface area contributed by atoms with E-state index in [1.54, 1.807) is 0 Å². The van der Waals surface area contributed by atoms with Crippen LogP contribution in [0.1, 0.15) is 1.43 Å². The van der Waals surface area contributed by atoms with E-state index in [0.29, 0.717) is 0 Å². The van der Waals surface area contributed by atoms with Crippen molar-refractivity contribution < 1.29 is 39.7 Å². The van der Waals surface area contributed by atoms with Gasteiger partial charge in [-0.15, -0.1) is 0 Å². The molecule has 0 saturated heterocycles. The summed E-state index contributed by atoms with van der Waals surface area (Å²) in [6.45, 7) is 0. The maximum Gasteiger partial charge on any atom is 1.00 e. The van der Waals surface area contributed by atoms with Crippen LogP contribution in [0.2, 0.25) is 0 Å². The normalized spacial score (nSPS) is 12.3. The van der Waals surface area contributed by atoms with Crippen LogP contribution in [0, 0.1) is 0 Å². The van der Waals surface area contributed by atoms with E-state index in [9.17, 15) is 4.21 Å². The zero-order valence-corrected chi connectivity index (χ0v) is 6.36. The molecule has 0 fully saturated rings. The Balaban J connectivity index is -0.0000000800. The fraction of sp³-hybridized carbons (Fsp3) is 1.00. The second kappa shape index (κ2) is 6.07. The summed E-state index contributed by atoms with van der Waals surface area (Å²) in [5, 5.41) is 0. The molecule has 3 N–H and O–H groups in total.